The number of nitrogens with zero attached hydrogens (tertiary/aromatic N) is 6. The van der Waals surface area contributed by atoms with Gasteiger partial charge in [0.15, 0.2) is 17.5 Å². The van der Waals surface area contributed by atoms with Gasteiger partial charge in [-0.1, -0.05) is 40.8 Å². The van der Waals surface area contributed by atoms with Gasteiger partial charge in [0.05, 0.1) is 42.2 Å². The summed E-state index contributed by atoms with van der Waals surface area (Å²) < 4.78 is 74.6. The van der Waals surface area contributed by atoms with Crippen LogP contribution in [-0.4, -0.2) is 109 Å². The summed E-state index contributed by atoms with van der Waals surface area (Å²) in [6, 6.07) is 9.56. The minimum atomic E-state index is -1.62. The highest BCUT2D eigenvalue weighted by Gasteiger charge is 2.53. The summed E-state index contributed by atoms with van der Waals surface area (Å²) in [6.45, 7) is 3.91. The number of thiol groups is 1. The van der Waals surface area contributed by atoms with Crippen LogP contribution in [0.1, 0.15) is 32.9 Å². The fourth-order valence-corrected chi connectivity index (χ4v) is 10.4. The van der Waals surface area contributed by atoms with Crippen molar-refractivity contribution in [1.29, 1.82) is 0 Å². The Morgan fingerprint density at radius 2 is 1.46 bits per heavy atom. The number of aromatic nitrogens is 6. The van der Waals surface area contributed by atoms with Crippen molar-refractivity contribution in [3.63, 3.8) is 0 Å². The summed E-state index contributed by atoms with van der Waals surface area (Å²) in [6.07, 6.45) is 0.591. The number of esters is 3. The van der Waals surface area contributed by atoms with E-state index in [-0.39, 0.29) is 31.1 Å². The minimum Gasteiger partial charge on any atom is -0.465 e. The molecule has 6 rings (SSSR count). The molecule has 278 valence electrons. The molecule has 4 heterocycles. The predicted molar refractivity (Wildman–Crippen MR) is 180 cm³/mol. The van der Waals surface area contributed by atoms with E-state index in [2.05, 4.69) is 20.6 Å². The van der Waals surface area contributed by atoms with Gasteiger partial charge in [0, 0.05) is 44.8 Å². The third-order valence-corrected chi connectivity index (χ3v) is 12.4. The van der Waals surface area contributed by atoms with E-state index in [0.717, 1.165) is 17.7 Å². The zero-order valence-electron chi connectivity index (χ0n) is 28.6. The van der Waals surface area contributed by atoms with Gasteiger partial charge in [-0.2, -0.15) is 0 Å². The van der Waals surface area contributed by atoms with Crippen LogP contribution in [0.25, 0.3) is 22.5 Å². The Kier molecular flexibility index (Phi) is 11.3. The van der Waals surface area contributed by atoms with Crippen LogP contribution in [0, 0.1) is 17.5 Å². The molecular formula is C34H37F3N6O8S. The van der Waals surface area contributed by atoms with E-state index in [1.165, 1.54) is 38.8 Å². The molecule has 14 nitrogen and oxygen atoms in total. The van der Waals surface area contributed by atoms with Crippen molar-refractivity contribution in [2.24, 2.45) is 0 Å². The number of hydrogen-bond acceptors (Lipinski definition) is 12. The van der Waals surface area contributed by atoms with Gasteiger partial charge in [0.25, 0.3) is 0 Å². The second-order valence-electron chi connectivity index (χ2n) is 12.4. The summed E-state index contributed by atoms with van der Waals surface area (Å²) >= 11 is 0. The van der Waals surface area contributed by atoms with Crippen molar-refractivity contribution in [2.45, 2.75) is 61.7 Å². The Labute approximate surface area is 298 Å². The zero-order chi connectivity index (χ0) is 37.1. The van der Waals surface area contributed by atoms with Crippen LogP contribution < -0.4 is 0 Å². The molecule has 2 fully saturated rings. The summed E-state index contributed by atoms with van der Waals surface area (Å²) in [5, 5.41) is 15.8. The topological polar surface area (TPSA) is 159 Å². The molecule has 0 N–H and O–H groups in total. The molecule has 0 saturated carbocycles. The molecule has 0 spiro atoms. The SMILES string of the molecule is CO[C@H]1C[SH]([C@@H]2COC[C@H](n3cc(-c4ccccc4)nn3)[C@H]2OC(C)=O)[C@H](COC(C)=O)[C@H](OC(C)=O)[C@H]1n1cc(-c2cc(F)c(F)c(F)c2)nn1. The van der Waals surface area contributed by atoms with Crippen molar-refractivity contribution in [1.82, 2.24) is 30.0 Å². The van der Waals surface area contributed by atoms with Gasteiger partial charge in [0.2, 0.25) is 0 Å². The maximum Gasteiger partial charge on any atom is 0.303 e. The maximum absolute atomic E-state index is 14.1. The summed E-state index contributed by atoms with van der Waals surface area (Å²) in [5.41, 5.74) is 1.39. The fourth-order valence-electron chi connectivity index (χ4n) is 6.78. The van der Waals surface area contributed by atoms with Crippen LogP contribution in [0.3, 0.4) is 0 Å². The van der Waals surface area contributed by atoms with Crippen molar-refractivity contribution >= 4 is 28.8 Å². The van der Waals surface area contributed by atoms with E-state index < -0.39 is 87.2 Å². The smallest absolute Gasteiger partial charge is 0.303 e. The number of halogens is 3. The molecule has 0 amide bonds. The van der Waals surface area contributed by atoms with Crippen LogP contribution in [0.5, 0.6) is 0 Å². The quantitative estimate of drug-likeness (QED) is 0.109. The third-order valence-electron chi connectivity index (χ3n) is 9.05. The van der Waals surface area contributed by atoms with Crippen LogP contribution in [-0.2, 0) is 38.1 Å². The van der Waals surface area contributed by atoms with Crippen molar-refractivity contribution in [3.05, 3.63) is 72.3 Å². The average molecular weight is 747 g/mol. The number of methoxy groups -OCH3 is 1. The Hall–Kier alpha value is -4.81. The molecule has 1 unspecified atom stereocenters. The van der Waals surface area contributed by atoms with Gasteiger partial charge in [-0.3, -0.25) is 14.4 Å². The largest absolute Gasteiger partial charge is 0.465 e. The summed E-state index contributed by atoms with van der Waals surface area (Å²) in [4.78, 5) is 37.5. The highest BCUT2D eigenvalue weighted by molar-refractivity contribution is 8.18. The molecule has 2 aromatic carbocycles. The number of ether oxygens (including phenoxy) is 5. The molecule has 52 heavy (non-hydrogen) atoms. The number of benzene rings is 2. The van der Waals surface area contributed by atoms with Crippen LogP contribution in [0.2, 0.25) is 0 Å². The lowest BCUT2D eigenvalue weighted by molar-refractivity contribution is -0.154. The first-order chi connectivity index (χ1) is 24.9. The Morgan fingerprint density at radius 3 is 2.10 bits per heavy atom. The highest BCUT2D eigenvalue weighted by atomic mass is 32.2. The molecule has 4 aromatic rings. The lowest BCUT2D eigenvalue weighted by Crippen LogP contribution is -2.57. The van der Waals surface area contributed by atoms with Gasteiger partial charge in [-0.05, 0) is 12.1 Å². The zero-order valence-corrected chi connectivity index (χ0v) is 29.5. The van der Waals surface area contributed by atoms with Crippen molar-refractivity contribution in [2.75, 3.05) is 32.7 Å². The lowest BCUT2D eigenvalue weighted by atomic mass is 10.0. The monoisotopic (exact) mass is 746 g/mol. The molecule has 18 heteroatoms. The number of carbonyl (C=O) groups is 3. The molecule has 2 aromatic heterocycles. The molecule has 8 atom stereocenters. The van der Waals surface area contributed by atoms with Gasteiger partial charge in [-0.25, -0.2) is 33.4 Å². The molecule has 0 radical (unpaired) electrons. The average Bonchev–Trinajstić information content (AvgIpc) is 3.80. The van der Waals surface area contributed by atoms with E-state index in [0.29, 0.717) is 11.4 Å². The third kappa shape index (κ3) is 7.83. The molecule has 2 aliphatic rings. The number of hydrogen-bond donors (Lipinski definition) is 1. The Morgan fingerprint density at radius 1 is 0.846 bits per heavy atom. The Bertz CT molecular complexity index is 1890. The Balaban J connectivity index is 1.39. The summed E-state index contributed by atoms with van der Waals surface area (Å²) in [7, 11) is 0.0326. The predicted octanol–water partition coefficient (Wildman–Crippen LogP) is 3.63. The van der Waals surface area contributed by atoms with E-state index in [1.54, 1.807) is 10.9 Å². The number of rotatable bonds is 10. The lowest BCUT2D eigenvalue weighted by Gasteiger charge is -2.52. The first-order valence-electron chi connectivity index (χ1n) is 16.3. The molecule has 0 aliphatic carbocycles. The van der Waals surface area contributed by atoms with Gasteiger partial charge in [0.1, 0.15) is 42.3 Å². The molecule has 0 bridgehead atoms. The number of carbonyl (C=O) groups excluding carboxylic acids is 3. The van der Waals surface area contributed by atoms with E-state index in [1.807, 2.05) is 30.3 Å². The normalized spacial score (nSPS) is 26.8. The molecule has 2 aliphatic heterocycles. The molecule has 2 saturated heterocycles. The second-order valence-corrected chi connectivity index (χ2v) is 15.2. The van der Waals surface area contributed by atoms with Crippen molar-refractivity contribution in [3.8, 4) is 22.5 Å². The first kappa shape index (κ1) is 37.0. The maximum atomic E-state index is 14.1. The standard InChI is InChI=1S/C34H37F3N6O8S/c1-18(44)49-16-30-34(51-20(3)46)32(43-13-26(39-41-43)22-10-23(35)31(37)24(36)11-22)28(47-4)17-52(30)29-15-48-14-27(33(29)50-19(2)45)42-12-25(38-40-42)21-8-6-5-7-9-21/h5-13,27-30,32-34,52H,14-17H2,1-4H3/t27-,28-,29+,30+,32-,33+,34-/m0/s1. The van der Waals surface area contributed by atoms with E-state index in [4.69, 9.17) is 23.7 Å². The minimum absolute atomic E-state index is 0.0137. The van der Waals surface area contributed by atoms with Crippen LogP contribution >= 0.6 is 10.9 Å². The van der Waals surface area contributed by atoms with E-state index in [9.17, 15) is 27.6 Å². The van der Waals surface area contributed by atoms with Crippen LogP contribution in [0.15, 0.2) is 54.9 Å². The second kappa shape index (κ2) is 15.8. The molecular weight excluding hydrogens is 709 g/mol. The van der Waals surface area contributed by atoms with E-state index >= 15 is 0 Å². The fraction of sp³-hybridized carbons (Fsp3) is 0.441. The first-order valence-corrected chi connectivity index (χ1v) is 18.0. The van der Waals surface area contributed by atoms with Crippen molar-refractivity contribution < 1.29 is 51.2 Å². The van der Waals surface area contributed by atoms with Gasteiger partial charge < -0.3 is 23.7 Å². The van der Waals surface area contributed by atoms with Crippen LogP contribution in [0.4, 0.5) is 13.2 Å². The van der Waals surface area contributed by atoms with Gasteiger partial charge >= 0.3 is 17.9 Å². The highest BCUT2D eigenvalue weighted by Crippen LogP contribution is 2.53. The van der Waals surface area contributed by atoms with Gasteiger partial charge in [-0.15, -0.1) is 10.2 Å². The summed E-state index contributed by atoms with van der Waals surface area (Å²) in [5.74, 6) is -5.88.